The Kier molecular flexibility index (Phi) is 3.00. The van der Waals surface area contributed by atoms with Crippen LogP contribution in [-0.4, -0.2) is 17.7 Å². The van der Waals surface area contributed by atoms with E-state index < -0.39 is 11.6 Å². The zero-order chi connectivity index (χ0) is 15.7. The fourth-order valence-electron chi connectivity index (χ4n) is 6.25. The van der Waals surface area contributed by atoms with Gasteiger partial charge >= 0.3 is 0 Å². The van der Waals surface area contributed by atoms with Crippen LogP contribution in [0.1, 0.15) is 52.4 Å². The molecule has 0 aromatic rings. The molecule has 1 unspecified atom stereocenters. The van der Waals surface area contributed by atoms with Crippen LogP contribution >= 0.6 is 0 Å². The molecule has 0 aromatic carbocycles. The summed E-state index contributed by atoms with van der Waals surface area (Å²) in [5, 5.41) is 0. The summed E-state index contributed by atoms with van der Waals surface area (Å²) in [5.41, 5.74) is -0.534. The lowest BCUT2D eigenvalue weighted by Crippen LogP contribution is -2.55. The molecule has 3 saturated carbocycles. The lowest BCUT2D eigenvalue weighted by atomic mass is 9.46. The monoisotopic (exact) mass is 304 g/mol. The van der Waals surface area contributed by atoms with E-state index >= 15 is 0 Å². The maximum Gasteiger partial charge on any atom is 0.173 e. The van der Waals surface area contributed by atoms with E-state index in [9.17, 15) is 14.0 Å². The molecule has 3 fully saturated rings. The molecule has 0 N–H and O–H groups in total. The van der Waals surface area contributed by atoms with Crippen LogP contribution in [-0.2, 0) is 9.59 Å². The van der Waals surface area contributed by atoms with E-state index in [0.29, 0.717) is 24.0 Å². The number of carbonyl (C=O) groups is 2. The predicted molar refractivity (Wildman–Crippen MR) is 81.9 cm³/mol. The third-order valence-corrected chi connectivity index (χ3v) is 7.63. The first-order valence-electron chi connectivity index (χ1n) is 8.77. The van der Waals surface area contributed by atoms with E-state index in [1.165, 1.54) is 0 Å². The maximum atomic E-state index is 14.1. The first-order chi connectivity index (χ1) is 10.4. The summed E-state index contributed by atoms with van der Waals surface area (Å²) in [5.74, 6) is 0.623. The molecule has 0 aromatic heterocycles. The van der Waals surface area contributed by atoms with Crippen LogP contribution in [0.4, 0.5) is 4.39 Å². The van der Waals surface area contributed by atoms with Crippen LogP contribution in [0.15, 0.2) is 12.2 Å². The molecule has 120 valence electrons. The molecular formula is C19H25FO2. The lowest BCUT2D eigenvalue weighted by Gasteiger charge is -2.56. The highest BCUT2D eigenvalue weighted by Gasteiger charge is 2.64. The van der Waals surface area contributed by atoms with Gasteiger partial charge in [0, 0.05) is 17.8 Å². The van der Waals surface area contributed by atoms with Crippen molar-refractivity contribution in [3.8, 4) is 0 Å². The molecule has 0 aliphatic heterocycles. The van der Waals surface area contributed by atoms with Crippen LogP contribution in [0.5, 0.6) is 0 Å². The van der Waals surface area contributed by atoms with Gasteiger partial charge in [-0.05, 0) is 55.3 Å². The summed E-state index contributed by atoms with van der Waals surface area (Å²) in [6.07, 6.45) is 7.93. The van der Waals surface area contributed by atoms with Crippen LogP contribution in [0.3, 0.4) is 0 Å². The SMILES string of the molecule is C[C@]12C=CCCC1CC(=O)[C@@H]1[C@@H]2CC[C@]2(C)C(=O)[C@H](F)C[C@@H]12. The van der Waals surface area contributed by atoms with Crippen LogP contribution in [0.25, 0.3) is 0 Å². The Morgan fingerprint density at radius 1 is 1.18 bits per heavy atom. The molecule has 0 saturated heterocycles. The molecule has 0 heterocycles. The lowest BCUT2D eigenvalue weighted by molar-refractivity contribution is -0.150. The van der Waals surface area contributed by atoms with Crippen molar-refractivity contribution in [2.75, 3.05) is 0 Å². The summed E-state index contributed by atoms with van der Waals surface area (Å²) >= 11 is 0. The number of fused-ring (bicyclic) bond motifs is 5. The van der Waals surface area contributed by atoms with E-state index in [1.54, 1.807) is 0 Å². The average molecular weight is 304 g/mol. The minimum Gasteiger partial charge on any atom is -0.299 e. The van der Waals surface area contributed by atoms with E-state index in [4.69, 9.17) is 0 Å². The van der Waals surface area contributed by atoms with Crippen molar-refractivity contribution in [1.29, 1.82) is 0 Å². The minimum absolute atomic E-state index is 0.0651. The molecule has 0 bridgehead atoms. The topological polar surface area (TPSA) is 34.1 Å². The normalized spacial score (nSPS) is 53.9. The van der Waals surface area contributed by atoms with E-state index in [2.05, 4.69) is 19.1 Å². The molecule has 4 rings (SSSR count). The fourth-order valence-corrected chi connectivity index (χ4v) is 6.25. The van der Waals surface area contributed by atoms with Gasteiger partial charge in [0.1, 0.15) is 5.78 Å². The van der Waals surface area contributed by atoms with Crippen LogP contribution in [0, 0.1) is 34.5 Å². The summed E-state index contributed by atoms with van der Waals surface area (Å²) in [4.78, 5) is 25.2. The number of hydrogen-bond acceptors (Lipinski definition) is 2. The van der Waals surface area contributed by atoms with Gasteiger partial charge in [0.25, 0.3) is 0 Å². The Bertz CT molecular complexity index is 568. The Morgan fingerprint density at radius 2 is 1.95 bits per heavy atom. The molecule has 7 atom stereocenters. The standard InChI is InChI=1S/C19H25FO2/c1-18-7-4-3-5-11(18)9-15(21)16-12(18)6-8-19(2)13(16)10-14(20)17(19)22/h4,7,11-14,16H,3,5-6,8-10H2,1-2H3/t11?,12-,13-,14+,16+,18-,19-/m0/s1. The fraction of sp³-hybridized carbons (Fsp3) is 0.789. The first kappa shape index (κ1) is 14.6. The third-order valence-electron chi connectivity index (χ3n) is 7.63. The summed E-state index contributed by atoms with van der Waals surface area (Å²) in [7, 11) is 0. The minimum atomic E-state index is -1.35. The molecule has 0 spiro atoms. The molecule has 0 amide bonds. The number of alkyl halides is 1. The van der Waals surface area contributed by atoms with Crippen molar-refractivity contribution < 1.29 is 14.0 Å². The van der Waals surface area contributed by atoms with Gasteiger partial charge in [0.2, 0.25) is 0 Å². The largest absolute Gasteiger partial charge is 0.299 e. The highest BCUT2D eigenvalue weighted by molar-refractivity contribution is 5.93. The predicted octanol–water partition coefficient (Wildman–Crippen LogP) is 3.89. The van der Waals surface area contributed by atoms with Crippen molar-refractivity contribution in [1.82, 2.24) is 0 Å². The van der Waals surface area contributed by atoms with Gasteiger partial charge in [0.05, 0.1) is 0 Å². The van der Waals surface area contributed by atoms with Gasteiger partial charge in [0.15, 0.2) is 12.0 Å². The molecule has 0 radical (unpaired) electrons. The molecular weight excluding hydrogens is 279 g/mol. The second-order valence-electron chi connectivity index (χ2n) is 8.48. The maximum absolute atomic E-state index is 14.1. The Labute approximate surface area is 131 Å². The summed E-state index contributed by atoms with van der Waals surface area (Å²) in [6, 6.07) is 0. The van der Waals surface area contributed by atoms with Crippen molar-refractivity contribution in [3.63, 3.8) is 0 Å². The molecule has 4 aliphatic carbocycles. The first-order valence-corrected chi connectivity index (χ1v) is 8.77. The molecule has 22 heavy (non-hydrogen) atoms. The molecule has 4 aliphatic rings. The van der Waals surface area contributed by atoms with Gasteiger partial charge in [-0.1, -0.05) is 26.0 Å². The summed E-state index contributed by atoms with van der Waals surface area (Å²) in [6.45, 7) is 4.21. The zero-order valence-electron chi connectivity index (χ0n) is 13.5. The van der Waals surface area contributed by atoms with Crippen LogP contribution in [0.2, 0.25) is 0 Å². The average Bonchev–Trinajstić information content (AvgIpc) is 2.71. The number of carbonyl (C=O) groups excluding carboxylic acids is 2. The molecule has 3 heteroatoms. The summed E-state index contributed by atoms with van der Waals surface area (Å²) < 4.78 is 14.1. The van der Waals surface area contributed by atoms with E-state index in [0.717, 1.165) is 25.7 Å². The highest BCUT2D eigenvalue weighted by atomic mass is 19.1. The van der Waals surface area contributed by atoms with Gasteiger partial charge in [-0.2, -0.15) is 0 Å². The second-order valence-corrected chi connectivity index (χ2v) is 8.48. The number of ketones is 2. The molecule has 2 nitrogen and oxygen atoms in total. The zero-order valence-corrected chi connectivity index (χ0v) is 13.5. The van der Waals surface area contributed by atoms with Gasteiger partial charge in [-0.25, -0.2) is 4.39 Å². The number of rotatable bonds is 0. The number of Topliss-reactive ketones (excluding diaryl/α,β-unsaturated/α-hetero) is 2. The Morgan fingerprint density at radius 3 is 2.73 bits per heavy atom. The van der Waals surface area contributed by atoms with Crippen molar-refractivity contribution in [2.24, 2.45) is 34.5 Å². The van der Waals surface area contributed by atoms with E-state index in [-0.39, 0.29) is 29.5 Å². The number of allylic oxidation sites excluding steroid dienone is 2. The van der Waals surface area contributed by atoms with Gasteiger partial charge < -0.3 is 0 Å². The second kappa shape index (κ2) is 4.52. The van der Waals surface area contributed by atoms with Crippen molar-refractivity contribution in [3.05, 3.63) is 12.2 Å². The smallest absolute Gasteiger partial charge is 0.173 e. The van der Waals surface area contributed by atoms with Crippen LogP contribution < -0.4 is 0 Å². The number of halogens is 1. The van der Waals surface area contributed by atoms with E-state index in [1.807, 2.05) is 6.92 Å². The third kappa shape index (κ3) is 1.66. The van der Waals surface area contributed by atoms with Gasteiger partial charge in [-0.3, -0.25) is 9.59 Å². The van der Waals surface area contributed by atoms with Crippen molar-refractivity contribution in [2.45, 2.75) is 58.5 Å². The highest BCUT2D eigenvalue weighted by Crippen LogP contribution is 2.63. The number of hydrogen-bond donors (Lipinski definition) is 0. The van der Waals surface area contributed by atoms with Crippen molar-refractivity contribution >= 4 is 11.6 Å². The quantitative estimate of drug-likeness (QED) is 0.636. The Balaban J connectivity index is 1.76. The Hall–Kier alpha value is -0.990. The van der Waals surface area contributed by atoms with Gasteiger partial charge in [-0.15, -0.1) is 0 Å².